The number of Topliss-reactive ketones (excluding diaryl/α,β-unsaturated/α-hetero) is 1. The molecule has 0 bridgehead atoms. The van der Waals surface area contributed by atoms with E-state index in [1.165, 1.54) is 18.9 Å². The topological polar surface area (TPSA) is 138 Å². The molecular formula is C30H35N3O6S. The third kappa shape index (κ3) is 9.01. The van der Waals surface area contributed by atoms with Gasteiger partial charge in [0.2, 0.25) is 11.8 Å². The Morgan fingerprint density at radius 1 is 1.00 bits per heavy atom. The first-order chi connectivity index (χ1) is 19.2. The molecule has 0 aliphatic rings. The number of ether oxygens (including phenoxy) is 1. The number of hydrogen-bond donors (Lipinski definition) is 4. The summed E-state index contributed by atoms with van der Waals surface area (Å²) in [6, 6.07) is 16.7. The molecule has 3 rings (SSSR count). The van der Waals surface area contributed by atoms with Gasteiger partial charge in [0.15, 0.2) is 5.78 Å². The number of aromatic nitrogens is 1. The molecule has 3 aromatic rings. The minimum atomic E-state index is -1.20. The molecule has 2 atom stereocenters. The molecule has 10 heteroatoms. The van der Waals surface area contributed by atoms with E-state index in [0.29, 0.717) is 17.1 Å². The molecule has 4 N–H and O–H groups in total. The number of thioether (sulfide) groups is 1. The molecule has 212 valence electrons. The normalized spacial score (nSPS) is 12.4. The van der Waals surface area contributed by atoms with Gasteiger partial charge in [-0.05, 0) is 47.4 Å². The average molecular weight is 566 g/mol. The highest BCUT2D eigenvalue weighted by Crippen LogP contribution is 2.26. The van der Waals surface area contributed by atoms with Gasteiger partial charge in [0.1, 0.15) is 11.8 Å². The Balaban J connectivity index is 1.65. The summed E-state index contributed by atoms with van der Waals surface area (Å²) in [5.41, 5.74) is 3.45. The van der Waals surface area contributed by atoms with Gasteiger partial charge < -0.3 is 25.5 Å². The molecule has 9 nitrogen and oxygen atoms in total. The highest BCUT2D eigenvalue weighted by Gasteiger charge is 2.30. The molecule has 0 spiro atoms. The maximum absolute atomic E-state index is 13.2. The van der Waals surface area contributed by atoms with E-state index in [1.54, 1.807) is 19.9 Å². The van der Waals surface area contributed by atoms with Crippen molar-refractivity contribution in [2.75, 3.05) is 12.9 Å². The minimum Gasteiger partial charge on any atom is -0.496 e. The third-order valence-corrected chi connectivity index (χ3v) is 7.27. The van der Waals surface area contributed by atoms with Gasteiger partial charge in [0.25, 0.3) is 0 Å². The Bertz CT molecular complexity index is 1290. The summed E-state index contributed by atoms with van der Waals surface area (Å²) in [4.78, 5) is 53.7. The Labute approximate surface area is 238 Å². The van der Waals surface area contributed by atoms with Crippen LogP contribution in [-0.2, 0) is 31.4 Å². The van der Waals surface area contributed by atoms with Crippen molar-refractivity contribution in [2.45, 2.75) is 44.5 Å². The molecule has 1 aromatic heterocycles. The van der Waals surface area contributed by atoms with Crippen molar-refractivity contribution >= 4 is 35.3 Å². The summed E-state index contributed by atoms with van der Waals surface area (Å²) in [5.74, 6) is -1.76. The van der Waals surface area contributed by atoms with Crippen molar-refractivity contribution in [2.24, 2.45) is 5.92 Å². The van der Waals surface area contributed by atoms with E-state index in [0.717, 1.165) is 16.8 Å². The van der Waals surface area contributed by atoms with E-state index in [2.05, 4.69) is 15.6 Å². The van der Waals surface area contributed by atoms with Crippen LogP contribution < -0.4 is 15.4 Å². The van der Waals surface area contributed by atoms with Gasteiger partial charge in [0.05, 0.1) is 31.7 Å². The Kier molecular flexibility index (Phi) is 11.4. The molecule has 0 aliphatic carbocycles. The predicted molar refractivity (Wildman–Crippen MR) is 155 cm³/mol. The molecule has 0 radical (unpaired) electrons. The Hall–Kier alpha value is -4.05. The van der Waals surface area contributed by atoms with Gasteiger partial charge in [-0.15, -0.1) is 11.8 Å². The Morgan fingerprint density at radius 3 is 2.38 bits per heavy atom. The molecule has 0 fully saturated rings. The number of rotatable bonds is 15. The number of H-pyrrole nitrogens is 1. The van der Waals surface area contributed by atoms with E-state index in [4.69, 9.17) is 4.74 Å². The van der Waals surface area contributed by atoms with Crippen molar-refractivity contribution < 1.29 is 29.0 Å². The lowest BCUT2D eigenvalue weighted by Crippen LogP contribution is -2.54. The number of aliphatic carboxylic acids is 1. The molecule has 40 heavy (non-hydrogen) atoms. The average Bonchev–Trinajstić information content (AvgIpc) is 3.46. The highest BCUT2D eigenvalue weighted by molar-refractivity contribution is 7.99. The summed E-state index contributed by atoms with van der Waals surface area (Å²) >= 11 is 1.35. The van der Waals surface area contributed by atoms with Crippen LogP contribution in [0.25, 0.3) is 11.3 Å². The summed E-state index contributed by atoms with van der Waals surface area (Å²) in [7, 11) is 1.52. The van der Waals surface area contributed by atoms with E-state index >= 15 is 0 Å². The minimum absolute atomic E-state index is 0.0398. The number of hydrogen-bond acceptors (Lipinski definition) is 6. The zero-order chi connectivity index (χ0) is 29.1. The number of carboxylic acids is 1. The number of methoxy groups -OCH3 is 1. The number of amides is 2. The first kappa shape index (κ1) is 30.5. The molecule has 0 saturated carbocycles. The van der Waals surface area contributed by atoms with Crippen molar-refractivity contribution in [3.05, 3.63) is 78.0 Å². The molecule has 2 aromatic carbocycles. The molecule has 0 saturated heterocycles. The number of benzene rings is 2. The predicted octanol–water partition coefficient (Wildman–Crippen LogP) is 3.84. The first-order valence-electron chi connectivity index (χ1n) is 12.9. The van der Waals surface area contributed by atoms with E-state index in [-0.39, 0.29) is 18.1 Å². The Morgan fingerprint density at radius 2 is 1.75 bits per heavy atom. The fourth-order valence-corrected chi connectivity index (χ4v) is 5.08. The quantitative estimate of drug-likeness (QED) is 0.220. The van der Waals surface area contributed by atoms with Crippen molar-refractivity contribution in [3.63, 3.8) is 0 Å². The summed E-state index contributed by atoms with van der Waals surface area (Å²) in [6.45, 7) is 3.53. The summed E-state index contributed by atoms with van der Waals surface area (Å²) in [5, 5.41) is 14.7. The number of carboxylic acid groups (broad SMARTS) is 1. The number of ketones is 1. The second-order valence-corrected chi connectivity index (χ2v) is 10.7. The SMILES string of the molecule is COc1ccc(-c2ccc[nH]2)cc1CC(=O)N[C@H](C(=O)NC(CC(=O)O)C(=O)CSCc1ccccc1)C(C)C. The van der Waals surface area contributed by atoms with Crippen LogP contribution in [-0.4, -0.2) is 58.6 Å². The second kappa shape index (κ2) is 14.9. The molecule has 0 aliphatic heterocycles. The number of nitrogens with one attached hydrogen (secondary N) is 3. The van der Waals surface area contributed by atoms with Crippen LogP contribution >= 0.6 is 11.8 Å². The van der Waals surface area contributed by atoms with Gasteiger partial charge in [0, 0.05) is 23.2 Å². The van der Waals surface area contributed by atoms with Crippen molar-refractivity contribution in [3.8, 4) is 17.0 Å². The second-order valence-electron chi connectivity index (χ2n) is 9.68. The standard InChI is InChI=1S/C30H35N3O6S/c1-19(2)29(33-27(35)15-22-14-21(11-12-26(22)39-3)23-10-7-13-31-23)30(38)32-24(16-28(36)37)25(34)18-40-17-20-8-5-4-6-9-20/h4-14,19,24,29,31H,15-18H2,1-3H3,(H,32,38)(H,33,35)(H,36,37)/t24?,29-/m0/s1. The summed E-state index contributed by atoms with van der Waals surface area (Å²) < 4.78 is 5.43. The van der Waals surface area contributed by atoms with Crippen molar-refractivity contribution in [1.82, 2.24) is 15.6 Å². The van der Waals surface area contributed by atoms with Gasteiger partial charge in [-0.25, -0.2) is 0 Å². The molecule has 1 heterocycles. The lowest BCUT2D eigenvalue weighted by Gasteiger charge is -2.25. The third-order valence-electron chi connectivity index (χ3n) is 6.25. The van der Waals surface area contributed by atoms with Crippen LogP contribution in [0, 0.1) is 5.92 Å². The fourth-order valence-electron chi connectivity index (χ4n) is 4.15. The van der Waals surface area contributed by atoms with Crippen LogP contribution in [0.1, 0.15) is 31.4 Å². The largest absolute Gasteiger partial charge is 0.496 e. The number of carbonyl (C=O) groups is 4. The lowest BCUT2D eigenvalue weighted by molar-refractivity contribution is -0.140. The monoisotopic (exact) mass is 565 g/mol. The van der Waals surface area contributed by atoms with Crippen LogP contribution in [0.3, 0.4) is 0 Å². The number of carbonyl (C=O) groups excluding carboxylic acids is 3. The summed E-state index contributed by atoms with van der Waals surface area (Å²) in [6.07, 6.45) is 1.22. The molecular weight excluding hydrogens is 530 g/mol. The zero-order valence-electron chi connectivity index (χ0n) is 22.8. The van der Waals surface area contributed by atoms with Crippen LogP contribution in [0.5, 0.6) is 5.75 Å². The smallest absolute Gasteiger partial charge is 0.305 e. The van der Waals surface area contributed by atoms with Gasteiger partial charge in [-0.2, -0.15) is 0 Å². The van der Waals surface area contributed by atoms with Crippen LogP contribution in [0.15, 0.2) is 66.9 Å². The maximum Gasteiger partial charge on any atom is 0.305 e. The number of aromatic amines is 1. The van der Waals surface area contributed by atoms with Gasteiger partial charge in [-0.1, -0.05) is 44.2 Å². The maximum atomic E-state index is 13.2. The first-order valence-corrected chi connectivity index (χ1v) is 14.1. The zero-order valence-corrected chi connectivity index (χ0v) is 23.6. The van der Waals surface area contributed by atoms with E-state index in [1.807, 2.05) is 60.8 Å². The van der Waals surface area contributed by atoms with E-state index < -0.39 is 42.1 Å². The molecule has 2 amide bonds. The lowest BCUT2D eigenvalue weighted by atomic mass is 10.0. The van der Waals surface area contributed by atoms with Gasteiger partial charge >= 0.3 is 5.97 Å². The molecule has 1 unspecified atom stereocenters. The fraction of sp³-hybridized carbons (Fsp3) is 0.333. The van der Waals surface area contributed by atoms with Crippen molar-refractivity contribution in [1.29, 1.82) is 0 Å². The van der Waals surface area contributed by atoms with Gasteiger partial charge in [-0.3, -0.25) is 19.2 Å². The van der Waals surface area contributed by atoms with Crippen LogP contribution in [0.2, 0.25) is 0 Å². The van der Waals surface area contributed by atoms with Crippen LogP contribution in [0.4, 0.5) is 0 Å². The highest BCUT2D eigenvalue weighted by atomic mass is 32.2. The van der Waals surface area contributed by atoms with E-state index in [9.17, 15) is 24.3 Å².